The predicted molar refractivity (Wildman–Crippen MR) is 99.9 cm³/mol. The molecule has 6 nitrogen and oxygen atoms in total. The molecule has 2 aromatic carbocycles. The Morgan fingerprint density at radius 2 is 1.70 bits per heavy atom. The third-order valence-corrected chi connectivity index (χ3v) is 5.22. The molecule has 2 aliphatic rings. The summed E-state index contributed by atoms with van der Waals surface area (Å²) in [5, 5.41) is 2.69. The Kier molecular flexibility index (Phi) is 4.83. The lowest BCUT2D eigenvalue weighted by atomic mass is 9.91. The van der Waals surface area contributed by atoms with Gasteiger partial charge < -0.3 is 14.8 Å². The topological polar surface area (TPSA) is 67.9 Å². The van der Waals surface area contributed by atoms with E-state index in [9.17, 15) is 22.8 Å². The highest BCUT2D eigenvalue weighted by molar-refractivity contribution is 6.07. The number of halogens is 3. The van der Waals surface area contributed by atoms with Gasteiger partial charge in [0, 0.05) is 6.42 Å². The van der Waals surface area contributed by atoms with Gasteiger partial charge in [0.25, 0.3) is 5.91 Å². The van der Waals surface area contributed by atoms with Gasteiger partial charge in [-0.1, -0.05) is 18.2 Å². The van der Waals surface area contributed by atoms with Crippen molar-refractivity contribution in [2.75, 3.05) is 13.2 Å². The summed E-state index contributed by atoms with van der Waals surface area (Å²) in [5.74, 6) is 0.564. The fourth-order valence-electron chi connectivity index (χ4n) is 3.49. The minimum Gasteiger partial charge on any atom is -0.490 e. The Bertz CT molecular complexity index is 991. The molecule has 0 spiro atoms. The molecule has 2 aliphatic heterocycles. The summed E-state index contributed by atoms with van der Waals surface area (Å²) in [5.41, 5.74) is -1.18. The largest absolute Gasteiger partial charge is 0.490 e. The molecule has 30 heavy (non-hydrogen) atoms. The Hall–Kier alpha value is -3.23. The number of imide groups is 1. The number of ether oxygens (including phenoxy) is 2. The van der Waals surface area contributed by atoms with Gasteiger partial charge in [-0.2, -0.15) is 13.2 Å². The molecule has 0 radical (unpaired) electrons. The van der Waals surface area contributed by atoms with Crippen LogP contribution in [0.2, 0.25) is 0 Å². The minimum absolute atomic E-state index is 0.136. The summed E-state index contributed by atoms with van der Waals surface area (Å²) in [4.78, 5) is 26.6. The number of hydrogen-bond donors (Lipinski definition) is 1. The highest BCUT2D eigenvalue weighted by atomic mass is 19.4. The summed E-state index contributed by atoms with van der Waals surface area (Å²) in [6, 6.07) is 8.80. The quantitative estimate of drug-likeness (QED) is 0.767. The van der Waals surface area contributed by atoms with Crippen molar-refractivity contribution in [2.24, 2.45) is 0 Å². The van der Waals surface area contributed by atoms with E-state index in [1.165, 1.54) is 12.1 Å². The number of alkyl halides is 3. The highest BCUT2D eigenvalue weighted by Gasteiger charge is 2.49. The first kappa shape index (κ1) is 20.1. The van der Waals surface area contributed by atoms with E-state index < -0.39 is 29.2 Å². The van der Waals surface area contributed by atoms with E-state index in [0.29, 0.717) is 35.8 Å². The Balaban J connectivity index is 1.57. The Morgan fingerprint density at radius 1 is 1.03 bits per heavy atom. The van der Waals surface area contributed by atoms with Gasteiger partial charge in [-0.3, -0.25) is 9.69 Å². The van der Waals surface area contributed by atoms with Crippen molar-refractivity contribution in [2.45, 2.75) is 31.6 Å². The Morgan fingerprint density at radius 3 is 2.37 bits per heavy atom. The van der Waals surface area contributed by atoms with Gasteiger partial charge >= 0.3 is 12.2 Å². The second kappa shape index (κ2) is 7.23. The highest BCUT2D eigenvalue weighted by Crippen LogP contribution is 2.37. The Labute approximate surface area is 170 Å². The molecule has 1 atom stereocenters. The summed E-state index contributed by atoms with van der Waals surface area (Å²) in [6.07, 6.45) is -3.72. The molecule has 1 fully saturated rings. The molecule has 3 amide bonds. The van der Waals surface area contributed by atoms with Crippen LogP contribution in [0.1, 0.15) is 30.0 Å². The number of amides is 3. The van der Waals surface area contributed by atoms with Crippen molar-refractivity contribution >= 4 is 11.9 Å². The van der Waals surface area contributed by atoms with Crippen LogP contribution in [0.5, 0.6) is 11.5 Å². The number of rotatable bonds is 3. The lowest BCUT2D eigenvalue weighted by Crippen LogP contribution is -2.40. The van der Waals surface area contributed by atoms with Gasteiger partial charge in [0.05, 0.1) is 25.3 Å². The molecule has 1 saturated heterocycles. The standard InChI is InChI=1S/C21H19F3N2O4/c1-20(15-7-8-16-17(11-15)30-10-2-9-29-16)18(27)26(19(28)25-20)12-13-3-5-14(6-4-13)21(22,23)24/h3-8,11H,2,9-10,12H2,1H3,(H,25,28). The number of carbonyl (C=O) groups is 2. The smallest absolute Gasteiger partial charge is 0.416 e. The molecule has 0 aromatic heterocycles. The van der Waals surface area contributed by atoms with E-state index in [4.69, 9.17) is 9.47 Å². The van der Waals surface area contributed by atoms with Crippen molar-refractivity contribution < 1.29 is 32.2 Å². The first-order chi connectivity index (χ1) is 14.2. The van der Waals surface area contributed by atoms with E-state index in [-0.39, 0.29) is 6.54 Å². The summed E-state index contributed by atoms with van der Waals surface area (Å²) < 4.78 is 49.5. The maximum absolute atomic E-state index is 13.1. The van der Waals surface area contributed by atoms with Crippen LogP contribution in [0, 0.1) is 0 Å². The van der Waals surface area contributed by atoms with Crippen molar-refractivity contribution in [1.82, 2.24) is 10.2 Å². The maximum Gasteiger partial charge on any atom is 0.416 e. The van der Waals surface area contributed by atoms with Crippen molar-refractivity contribution in [3.8, 4) is 11.5 Å². The van der Waals surface area contributed by atoms with E-state index in [2.05, 4.69) is 5.32 Å². The van der Waals surface area contributed by atoms with Gasteiger partial charge in [-0.05, 0) is 42.3 Å². The zero-order valence-electron chi connectivity index (χ0n) is 16.1. The number of fused-ring (bicyclic) bond motifs is 1. The second-order valence-corrected chi connectivity index (χ2v) is 7.35. The van der Waals surface area contributed by atoms with Crippen LogP contribution in [0.25, 0.3) is 0 Å². The molecule has 1 N–H and O–H groups in total. The average molecular weight is 420 g/mol. The van der Waals surface area contributed by atoms with Gasteiger partial charge in [0.1, 0.15) is 5.54 Å². The predicted octanol–water partition coefficient (Wildman–Crippen LogP) is 3.83. The first-order valence-electron chi connectivity index (χ1n) is 9.39. The molecule has 158 valence electrons. The lowest BCUT2D eigenvalue weighted by Gasteiger charge is -2.23. The summed E-state index contributed by atoms with van der Waals surface area (Å²) >= 11 is 0. The molecular formula is C21H19F3N2O4. The van der Waals surface area contributed by atoms with Crippen LogP contribution in [0.3, 0.4) is 0 Å². The SMILES string of the molecule is CC1(c2ccc3c(c2)OCCCO3)NC(=O)N(Cc2ccc(C(F)(F)F)cc2)C1=O. The molecule has 9 heteroatoms. The zero-order chi connectivity index (χ0) is 21.5. The minimum atomic E-state index is -4.45. The van der Waals surface area contributed by atoms with E-state index in [0.717, 1.165) is 23.5 Å². The summed E-state index contributed by atoms with van der Waals surface area (Å²) in [6.45, 7) is 2.45. The summed E-state index contributed by atoms with van der Waals surface area (Å²) in [7, 11) is 0. The average Bonchev–Trinajstić information content (AvgIpc) is 2.87. The first-order valence-corrected chi connectivity index (χ1v) is 9.39. The third-order valence-electron chi connectivity index (χ3n) is 5.22. The number of nitrogens with zero attached hydrogens (tertiary/aromatic N) is 1. The van der Waals surface area contributed by atoms with E-state index >= 15 is 0 Å². The van der Waals surface area contributed by atoms with Crippen LogP contribution in [0.15, 0.2) is 42.5 Å². The van der Waals surface area contributed by atoms with Crippen LogP contribution < -0.4 is 14.8 Å². The molecule has 0 bridgehead atoms. The van der Waals surface area contributed by atoms with Crippen molar-refractivity contribution in [1.29, 1.82) is 0 Å². The fourth-order valence-corrected chi connectivity index (χ4v) is 3.49. The van der Waals surface area contributed by atoms with Crippen LogP contribution in [0.4, 0.5) is 18.0 Å². The maximum atomic E-state index is 13.1. The lowest BCUT2D eigenvalue weighted by molar-refractivity contribution is -0.137. The van der Waals surface area contributed by atoms with Crippen LogP contribution in [-0.2, 0) is 23.1 Å². The number of nitrogens with one attached hydrogen (secondary N) is 1. The molecular weight excluding hydrogens is 401 g/mol. The monoisotopic (exact) mass is 420 g/mol. The van der Waals surface area contributed by atoms with Gasteiger partial charge in [0.2, 0.25) is 0 Å². The zero-order valence-corrected chi connectivity index (χ0v) is 16.1. The van der Waals surface area contributed by atoms with E-state index in [1.807, 2.05) is 0 Å². The van der Waals surface area contributed by atoms with Gasteiger partial charge in [0.15, 0.2) is 11.5 Å². The van der Waals surface area contributed by atoms with E-state index in [1.54, 1.807) is 25.1 Å². The van der Waals surface area contributed by atoms with Crippen molar-refractivity contribution in [3.63, 3.8) is 0 Å². The van der Waals surface area contributed by atoms with Gasteiger partial charge in [-0.15, -0.1) is 0 Å². The molecule has 4 rings (SSSR count). The van der Waals surface area contributed by atoms with Crippen LogP contribution >= 0.6 is 0 Å². The molecule has 2 heterocycles. The second-order valence-electron chi connectivity index (χ2n) is 7.35. The van der Waals surface area contributed by atoms with Gasteiger partial charge in [-0.25, -0.2) is 4.79 Å². The van der Waals surface area contributed by atoms with Crippen LogP contribution in [-0.4, -0.2) is 30.1 Å². The molecule has 2 aromatic rings. The normalized spacial score (nSPS) is 21.4. The number of benzene rings is 2. The molecule has 0 saturated carbocycles. The third kappa shape index (κ3) is 3.55. The molecule has 1 unspecified atom stereocenters. The fraction of sp³-hybridized carbons (Fsp3) is 0.333. The number of urea groups is 1. The molecule has 0 aliphatic carbocycles. The number of hydrogen-bond acceptors (Lipinski definition) is 4. The van der Waals surface area contributed by atoms with Crippen molar-refractivity contribution in [3.05, 3.63) is 59.2 Å². The number of carbonyl (C=O) groups excluding carboxylic acids is 2.